The molecule has 88 valence electrons. The maximum Gasteiger partial charge on any atom is 0.123 e. The van der Waals surface area contributed by atoms with Crippen LogP contribution in [0.5, 0.6) is 0 Å². The SMILES string of the molecule is CCC1CNC(C(C)C)c2cc(F)ccc21. The molecule has 1 aliphatic heterocycles. The lowest BCUT2D eigenvalue weighted by atomic mass is 9.81. The molecule has 2 unspecified atom stereocenters. The maximum atomic E-state index is 13.3. The van der Waals surface area contributed by atoms with Crippen LogP contribution in [0.15, 0.2) is 18.2 Å². The molecule has 0 bridgehead atoms. The summed E-state index contributed by atoms with van der Waals surface area (Å²) in [5, 5.41) is 3.54. The van der Waals surface area contributed by atoms with Gasteiger partial charge < -0.3 is 5.32 Å². The fourth-order valence-corrected chi connectivity index (χ4v) is 2.63. The van der Waals surface area contributed by atoms with Crippen LogP contribution in [-0.2, 0) is 0 Å². The van der Waals surface area contributed by atoms with E-state index in [1.54, 1.807) is 12.1 Å². The van der Waals surface area contributed by atoms with E-state index in [-0.39, 0.29) is 5.82 Å². The smallest absolute Gasteiger partial charge is 0.123 e. The van der Waals surface area contributed by atoms with Gasteiger partial charge in [-0.25, -0.2) is 4.39 Å². The highest BCUT2D eigenvalue weighted by Crippen LogP contribution is 2.35. The van der Waals surface area contributed by atoms with Crippen molar-refractivity contribution in [2.75, 3.05) is 6.54 Å². The third-order valence-electron chi connectivity index (χ3n) is 3.57. The van der Waals surface area contributed by atoms with E-state index >= 15 is 0 Å². The molecule has 1 aromatic carbocycles. The Morgan fingerprint density at radius 2 is 2.12 bits per heavy atom. The molecule has 1 heterocycles. The van der Waals surface area contributed by atoms with Crippen LogP contribution < -0.4 is 5.32 Å². The first kappa shape index (κ1) is 11.6. The third-order valence-corrected chi connectivity index (χ3v) is 3.57. The summed E-state index contributed by atoms with van der Waals surface area (Å²) in [5.74, 6) is 0.909. The van der Waals surface area contributed by atoms with E-state index in [1.165, 1.54) is 5.56 Å². The number of halogens is 1. The van der Waals surface area contributed by atoms with Gasteiger partial charge in [-0.15, -0.1) is 0 Å². The Morgan fingerprint density at radius 3 is 2.75 bits per heavy atom. The summed E-state index contributed by atoms with van der Waals surface area (Å²) in [4.78, 5) is 0. The summed E-state index contributed by atoms with van der Waals surface area (Å²) in [6.07, 6.45) is 1.11. The summed E-state index contributed by atoms with van der Waals surface area (Å²) in [6.45, 7) is 7.56. The van der Waals surface area contributed by atoms with Crippen molar-refractivity contribution in [3.63, 3.8) is 0 Å². The fraction of sp³-hybridized carbons (Fsp3) is 0.571. The first-order chi connectivity index (χ1) is 7.63. The summed E-state index contributed by atoms with van der Waals surface area (Å²) in [6, 6.07) is 5.56. The molecule has 0 aromatic heterocycles. The molecule has 2 rings (SSSR count). The van der Waals surface area contributed by atoms with Crippen LogP contribution in [0.4, 0.5) is 4.39 Å². The van der Waals surface area contributed by atoms with Gasteiger partial charge in [-0.2, -0.15) is 0 Å². The lowest BCUT2D eigenvalue weighted by Crippen LogP contribution is -2.35. The summed E-state index contributed by atoms with van der Waals surface area (Å²) in [7, 11) is 0. The Kier molecular flexibility index (Phi) is 3.29. The third kappa shape index (κ3) is 1.99. The molecule has 1 nitrogen and oxygen atoms in total. The van der Waals surface area contributed by atoms with Crippen LogP contribution in [-0.4, -0.2) is 6.54 Å². The second kappa shape index (κ2) is 4.54. The van der Waals surface area contributed by atoms with E-state index in [2.05, 4.69) is 26.1 Å². The molecule has 0 spiro atoms. The van der Waals surface area contributed by atoms with Gasteiger partial charge in [0, 0.05) is 12.6 Å². The van der Waals surface area contributed by atoms with Gasteiger partial charge in [0.2, 0.25) is 0 Å². The molecule has 1 N–H and O–H groups in total. The zero-order chi connectivity index (χ0) is 11.7. The summed E-state index contributed by atoms with van der Waals surface area (Å²) < 4.78 is 13.3. The van der Waals surface area contributed by atoms with Gasteiger partial charge in [-0.05, 0) is 41.5 Å². The normalized spacial score (nSPS) is 24.6. The van der Waals surface area contributed by atoms with E-state index in [0.29, 0.717) is 17.9 Å². The molecule has 16 heavy (non-hydrogen) atoms. The molecule has 0 radical (unpaired) electrons. The first-order valence-corrected chi connectivity index (χ1v) is 6.16. The highest BCUT2D eigenvalue weighted by molar-refractivity contribution is 5.36. The van der Waals surface area contributed by atoms with Crippen molar-refractivity contribution < 1.29 is 4.39 Å². The molecule has 0 amide bonds. The monoisotopic (exact) mass is 221 g/mol. The zero-order valence-corrected chi connectivity index (χ0v) is 10.3. The first-order valence-electron chi connectivity index (χ1n) is 6.16. The Hall–Kier alpha value is -0.890. The van der Waals surface area contributed by atoms with Crippen LogP contribution in [0.1, 0.15) is 50.3 Å². The molecular formula is C14H20FN. The van der Waals surface area contributed by atoms with E-state index in [9.17, 15) is 4.39 Å². The van der Waals surface area contributed by atoms with Crippen LogP contribution >= 0.6 is 0 Å². The lowest BCUT2D eigenvalue weighted by Gasteiger charge is -2.34. The molecule has 0 fully saturated rings. The van der Waals surface area contributed by atoms with Crippen molar-refractivity contribution in [3.05, 3.63) is 35.1 Å². The Balaban J connectivity index is 2.44. The second-order valence-electron chi connectivity index (χ2n) is 5.01. The molecule has 1 aromatic rings. The van der Waals surface area contributed by atoms with Crippen molar-refractivity contribution in [1.29, 1.82) is 0 Å². The molecule has 1 aliphatic rings. The van der Waals surface area contributed by atoms with Crippen LogP contribution in [0, 0.1) is 11.7 Å². The van der Waals surface area contributed by atoms with Crippen molar-refractivity contribution in [1.82, 2.24) is 5.32 Å². The molecule has 2 heteroatoms. The van der Waals surface area contributed by atoms with E-state index in [0.717, 1.165) is 18.5 Å². The standard InChI is InChI=1S/C14H20FN/c1-4-10-8-16-14(9(2)3)13-7-11(15)5-6-12(10)13/h5-7,9-10,14,16H,4,8H2,1-3H3. The van der Waals surface area contributed by atoms with Gasteiger partial charge in [0.25, 0.3) is 0 Å². The van der Waals surface area contributed by atoms with E-state index < -0.39 is 0 Å². The van der Waals surface area contributed by atoms with Crippen LogP contribution in [0.25, 0.3) is 0 Å². The fourth-order valence-electron chi connectivity index (χ4n) is 2.63. The summed E-state index contributed by atoms with van der Waals surface area (Å²) in [5.41, 5.74) is 2.49. The van der Waals surface area contributed by atoms with Gasteiger partial charge in [0.15, 0.2) is 0 Å². The van der Waals surface area contributed by atoms with Gasteiger partial charge in [-0.3, -0.25) is 0 Å². The average Bonchev–Trinajstić information content (AvgIpc) is 2.26. The number of rotatable bonds is 2. The highest BCUT2D eigenvalue weighted by Gasteiger charge is 2.27. The second-order valence-corrected chi connectivity index (χ2v) is 5.01. The predicted octanol–water partition coefficient (Wildman–Crippen LogP) is 3.62. The van der Waals surface area contributed by atoms with Crippen molar-refractivity contribution in [2.24, 2.45) is 5.92 Å². The van der Waals surface area contributed by atoms with Gasteiger partial charge >= 0.3 is 0 Å². The lowest BCUT2D eigenvalue weighted by molar-refractivity contribution is 0.365. The molecule has 0 saturated heterocycles. The minimum atomic E-state index is -0.122. The highest BCUT2D eigenvalue weighted by atomic mass is 19.1. The van der Waals surface area contributed by atoms with Crippen molar-refractivity contribution in [2.45, 2.75) is 39.2 Å². The van der Waals surface area contributed by atoms with E-state index in [4.69, 9.17) is 0 Å². The van der Waals surface area contributed by atoms with Crippen LogP contribution in [0.2, 0.25) is 0 Å². The van der Waals surface area contributed by atoms with E-state index in [1.807, 2.05) is 6.07 Å². The molecular weight excluding hydrogens is 201 g/mol. The topological polar surface area (TPSA) is 12.0 Å². The van der Waals surface area contributed by atoms with Gasteiger partial charge in [0.05, 0.1) is 0 Å². The van der Waals surface area contributed by atoms with Crippen LogP contribution in [0.3, 0.4) is 0 Å². The maximum absolute atomic E-state index is 13.3. The van der Waals surface area contributed by atoms with Gasteiger partial charge in [-0.1, -0.05) is 26.8 Å². The number of benzene rings is 1. The average molecular weight is 221 g/mol. The van der Waals surface area contributed by atoms with Crippen molar-refractivity contribution >= 4 is 0 Å². The number of hydrogen-bond acceptors (Lipinski definition) is 1. The predicted molar refractivity (Wildman–Crippen MR) is 65.0 cm³/mol. The minimum Gasteiger partial charge on any atom is -0.309 e. The Morgan fingerprint density at radius 1 is 1.38 bits per heavy atom. The minimum absolute atomic E-state index is 0.122. The zero-order valence-electron chi connectivity index (χ0n) is 10.3. The molecule has 0 saturated carbocycles. The molecule has 0 aliphatic carbocycles. The summed E-state index contributed by atoms with van der Waals surface area (Å²) >= 11 is 0. The Labute approximate surface area is 97.1 Å². The largest absolute Gasteiger partial charge is 0.309 e. The van der Waals surface area contributed by atoms with Gasteiger partial charge in [0.1, 0.15) is 5.82 Å². The quantitative estimate of drug-likeness (QED) is 0.804. The van der Waals surface area contributed by atoms with Crippen molar-refractivity contribution in [3.8, 4) is 0 Å². The molecule has 2 atom stereocenters. The Bertz CT molecular complexity index is 373. The number of fused-ring (bicyclic) bond motifs is 1. The number of nitrogens with one attached hydrogen (secondary N) is 1. The number of hydrogen-bond donors (Lipinski definition) is 1.